The van der Waals surface area contributed by atoms with E-state index in [1.165, 1.54) is 41.0 Å². The normalized spacial score (nSPS) is 13.2. The number of benzene rings is 4. The summed E-state index contributed by atoms with van der Waals surface area (Å²) in [6, 6.07) is 41.4. The van der Waals surface area contributed by atoms with E-state index in [1.807, 2.05) is 11.3 Å². The molecule has 0 aliphatic carbocycles. The maximum absolute atomic E-state index is 8.27. The summed E-state index contributed by atoms with van der Waals surface area (Å²) in [5.74, 6) is -3.31. The predicted molar refractivity (Wildman–Crippen MR) is 152 cm³/mol. The summed E-state index contributed by atoms with van der Waals surface area (Å²) in [6.45, 7) is 0. The SMILES string of the molecule is ClP(Cc1cc2c(ccc3sccc32)s1)(c1ccccc1)(c1ccccc1)c1ccccc1. The molecule has 0 unspecified atom stereocenters. The van der Waals surface area contributed by atoms with Crippen LogP contribution in [-0.4, -0.2) is 0 Å². The van der Waals surface area contributed by atoms with Crippen LogP contribution >= 0.6 is 39.9 Å². The molecule has 33 heavy (non-hydrogen) atoms. The Morgan fingerprint density at radius 1 is 0.576 bits per heavy atom. The fraction of sp³-hybridized carbons (Fsp3) is 0.0345. The van der Waals surface area contributed by atoms with Crippen molar-refractivity contribution in [2.24, 2.45) is 0 Å². The molecular formula is C29H22ClPS2. The van der Waals surface area contributed by atoms with Crippen LogP contribution in [0.15, 0.2) is 121 Å². The van der Waals surface area contributed by atoms with Crippen molar-refractivity contribution in [3.63, 3.8) is 0 Å². The molecule has 6 rings (SSSR count). The Labute approximate surface area is 206 Å². The predicted octanol–water partition coefficient (Wildman–Crippen LogP) is 8.30. The fourth-order valence-electron chi connectivity index (χ4n) is 4.92. The Balaban J connectivity index is 1.67. The minimum atomic E-state index is -3.31. The summed E-state index contributed by atoms with van der Waals surface area (Å²) in [4.78, 5) is 1.33. The quantitative estimate of drug-likeness (QED) is 0.209. The molecule has 0 amide bonds. The zero-order valence-electron chi connectivity index (χ0n) is 17.9. The molecule has 0 bridgehead atoms. The van der Waals surface area contributed by atoms with Crippen LogP contribution < -0.4 is 15.9 Å². The number of hydrogen-bond acceptors (Lipinski definition) is 2. The summed E-state index contributed by atoms with van der Waals surface area (Å²) in [5, 5.41) is 8.49. The van der Waals surface area contributed by atoms with Gasteiger partial charge in [0.1, 0.15) is 0 Å². The molecule has 0 N–H and O–H groups in total. The van der Waals surface area contributed by atoms with Gasteiger partial charge in [-0.25, -0.2) is 0 Å². The molecule has 0 saturated carbocycles. The van der Waals surface area contributed by atoms with Gasteiger partial charge in [-0.3, -0.25) is 0 Å². The van der Waals surface area contributed by atoms with Crippen LogP contribution in [0.5, 0.6) is 0 Å². The molecule has 0 atom stereocenters. The summed E-state index contributed by atoms with van der Waals surface area (Å²) < 4.78 is 2.66. The van der Waals surface area contributed by atoms with Crippen molar-refractivity contribution in [2.45, 2.75) is 6.16 Å². The van der Waals surface area contributed by atoms with E-state index in [2.05, 4.69) is 121 Å². The third-order valence-corrected chi connectivity index (χ3v) is 15.9. The van der Waals surface area contributed by atoms with Crippen molar-refractivity contribution in [2.75, 3.05) is 0 Å². The number of thiophene rings is 2. The van der Waals surface area contributed by atoms with Crippen LogP contribution in [0.2, 0.25) is 0 Å². The summed E-state index contributed by atoms with van der Waals surface area (Å²) >= 11 is 12.0. The number of rotatable bonds is 5. The van der Waals surface area contributed by atoms with Crippen molar-refractivity contribution in [3.8, 4) is 0 Å². The minimum absolute atomic E-state index is 0.788. The van der Waals surface area contributed by atoms with Gasteiger partial charge in [-0.05, 0) is 0 Å². The zero-order valence-corrected chi connectivity index (χ0v) is 21.2. The Kier molecular flexibility index (Phi) is 5.16. The number of halogens is 1. The molecule has 2 aromatic heterocycles. The first-order chi connectivity index (χ1) is 16.2. The van der Waals surface area contributed by atoms with E-state index >= 15 is 0 Å². The summed E-state index contributed by atoms with van der Waals surface area (Å²) in [5.41, 5.74) is 0. The second kappa shape index (κ2) is 8.08. The van der Waals surface area contributed by atoms with Crippen molar-refractivity contribution >= 4 is 76.0 Å². The van der Waals surface area contributed by atoms with Crippen molar-refractivity contribution < 1.29 is 0 Å². The summed E-state index contributed by atoms with van der Waals surface area (Å²) in [7, 11) is 0. The van der Waals surface area contributed by atoms with Gasteiger partial charge in [0.2, 0.25) is 0 Å². The third-order valence-electron chi connectivity index (χ3n) is 6.52. The molecule has 0 saturated heterocycles. The first kappa shape index (κ1) is 21.1. The second-order valence-corrected chi connectivity index (χ2v) is 17.0. The second-order valence-electron chi connectivity index (χ2n) is 8.37. The van der Waals surface area contributed by atoms with Crippen LogP contribution in [0, 0.1) is 0 Å². The monoisotopic (exact) mass is 500 g/mol. The van der Waals surface area contributed by atoms with Gasteiger partial charge in [0.25, 0.3) is 0 Å². The standard InChI is InChI=1S/C29H22ClPS2/c30-31(22-10-4-1-5-11-22,23-12-6-2-7-13-23,24-14-8-3-9-15-24)21-25-20-27-26-18-19-32-28(26)16-17-29(27)33-25/h1-20H,21H2. The zero-order chi connectivity index (χ0) is 22.3. The Morgan fingerprint density at radius 3 is 1.64 bits per heavy atom. The molecule has 0 spiro atoms. The van der Waals surface area contributed by atoms with Gasteiger partial charge in [-0.2, -0.15) is 0 Å². The van der Waals surface area contributed by atoms with E-state index in [-0.39, 0.29) is 0 Å². The van der Waals surface area contributed by atoms with Crippen molar-refractivity contribution in [1.29, 1.82) is 0 Å². The molecule has 0 radical (unpaired) electrons. The van der Waals surface area contributed by atoms with Gasteiger partial charge >= 0.3 is 208 Å². The van der Waals surface area contributed by atoms with Gasteiger partial charge in [-0.1, -0.05) is 0 Å². The van der Waals surface area contributed by atoms with Crippen LogP contribution in [0.25, 0.3) is 20.2 Å². The molecule has 162 valence electrons. The van der Waals surface area contributed by atoms with E-state index in [0.717, 1.165) is 6.16 Å². The van der Waals surface area contributed by atoms with Crippen LogP contribution in [0.3, 0.4) is 0 Å². The molecule has 0 aliphatic rings. The Morgan fingerprint density at radius 2 is 1.09 bits per heavy atom. The molecule has 6 aromatic rings. The van der Waals surface area contributed by atoms with E-state index in [9.17, 15) is 0 Å². The number of fused-ring (bicyclic) bond motifs is 3. The average Bonchev–Trinajstić information content (AvgIpc) is 3.52. The topological polar surface area (TPSA) is 0 Å². The van der Waals surface area contributed by atoms with Crippen LogP contribution in [0.4, 0.5) is 0 Å². The van der Waals surface area contributed by atoms with Gasteiger partial charge in [0.05, 0.1) is 0 Å². The summed E-state index contributed by atoms with van der Waals surface area (Å²) in [6.07, 6.45) is 0.788. The first-order valence-electron chi connectivity index (χ1n) is 10.9. The third kappa shape index (κ3) is 3.28. The molecule has 0 fully saturated rings. The fourth-order valence-corrected chi connectivity index (χ4v) is 13.7. The van der Waals surface area contributed by atoms with E-state index in [0.29, 0.717) is 0 Å². The molecule has 4 aromatic carbocycles. The molecular weight excluding hydrogens is 479 g/mol. The van der Waals surface area contributed by atoms with Gasteiger partial charge < -0.3 is 0 Å². The molecule has 4 heteroatoms. The van der Waals surface area contributed by atoms with Crippen molar-refractivity contribution in [3.05, 3.63) is 126 Å². The van der Waals surface area contributed by atoms with E-state index in [4.69, 9.17) is 11.2 Å². The van der Waals surface area contributed by atoms with Gasteiger partial charge in [0.15, 0.2) is 0 Å². The van der Waals surface area contributed by atoms with E-state index in [1.54, 1.807) is 11.3 Å². The maximum atomic E-state index is 8.27. The van der Waals surface area contributed by atoms with E-state index < -0.39 is 5.96 Å². The Bertz CT molecular complexity index is 1450. The number of hydrogen-bond donors (Lipinski definition) is 0. The first-order valence-corrected chi connectivity index (χ1v) is 16.0. The van der Waals surface area contributed by atoms with Crippen LogP contribution in [-0.2, 0) is 6.16 Å². The average molecular weight is 501 g/mol. The Hall–Kier alpha value is -2.48. The molecule has 0 nitrogen and oxygen atoms in total. The van der Waals surface area contributed by atoms with Crippen LogP contribution in [0.1, 0.15) is 4.88 Å². The van der Waals surface area contributed by atoms with Gasteiger partial charge in [0, 0.05) is 0 Å². The molecule has 0 aliphatic heterocycles. The van der Waals surface area contributed by atoms with Gasteiger partial charge in [-0.15, -0.1) is 0 Å². The molecule has 2 heterocycles. The van der Waals surface area contributed by atoms with Crippen molar-refractivity contribution in [1.82, 2.24) is 0 Å².